The van der Waals surface area contributed by atoms with Gasteiger partial charge in [0.1, 0.15) is 11.6 Å². The molecule has 0 radical (unpaired) electrons. The van der Waals surface area contributed by atoms with Crippen LogP contribution in [0.1, 0.15) is 43.9 Å². The summed E-state index contributed by atoms with van der Waals surface area (Å²) in [5.41, 5.74) is 0.535. The highest BCUT2D eigenvalue weighted by Gasteiger charge is 2.28. The summed E-state index contributed by atoms with van der Waals surface area (Å²) in [5, 5.41) is 3.14. The first-order valence-corrected chi connectivity index (χ1v) is 6.77. The first-order valence-electron chi connectivity index (χ1n) is 6.77. The van der Waals surface area contributed by atoms with Crippen LogP contribution >= 0.6 is 0 Å². The van der Waals surface area contributed by atoms with Gasteiger partial charge in [-0.3, -0.25) is 0 Å². The lowest BCUT2D eigenvalue weighted by molar-refractivity contribution is 0.0587. The molecule has 4 heteroatoms. The molecule has 0 spiro atoms. The zero-order valence-corrected chi connectivity index (χ0v) is 12.1. The summed E-state index contributed by atoms with van der Waals surface area (Å²) in [5.74, 6) is -1.00. The van der Waals surface area contributed by atoms with Crippen LogP contribution in [0.5, 0.6) is 0 Å². The fourth-order valence-electron chi connectivity index (χ4n) is 2.31. The lowest BCUT2D eigenvalue weighted by atomic mass is 9.95. The van der Waals surface area contributed by atoms with Crippen LogP contribution in [-0.2, 0) is 4.74 Å². The smallest absolute Gasteiger partial charge is 0.133 e. The van der Waals surface area contributed by atoms with Crippen molar-refractivity contribution in [3.63, 3.8) is 0 Å². The first kappa shape index (κ1) is 16.1. The number of nitrogens with one attached hydrogen (secondary N) is 1. The molecule has 1 rings (SSSR count). The molecule has 19 heavy (non-hydrogen) atoms. The third-order valence-electron chi connectivity index (χ3n) is 3.30. The third-order valence-corrected chi connectivity index (χ3v) is 3.30. The van der Waals surface area contributed by atoms with Crippen molar-refractivity contribution in [1.29, 1.82) is 0 Å². The summed E-state index contributed by atoms with van der Waals surface area (Å²) in [6, 6.07) is 2.31. The lowest BCUT2D eigenvalue weighted by Crippen LogP contribution is -2.34. The Bertz CT molecular complexity index is 409. The number of likely N-dealkylation sites (N-methyl/N-ethyl adjacent to an activating group) is 1. The van der Waals surface area contributed by atoms with Crippen molar-refractivity contribution in [2.45, 2.75) is 45.8 Å². The second-order valence-electron chi connectivity index (χ2n) is 4.69. The van der Waals surface area contributed by atoms with Gasteiger partial charge in [0.15, 0.2) is 0 Å². The van der Waals surface area contributed by atoms with Gasteiger partial charge in [-0.1, -0.05) is 26.3 Å². The van der Waals surface area contributed by atoms with E-state index in [0.717, 1.165) is 12.8 Å². The van der Waals surface area contributed by atoms with Crippen molar-refractivity contribution in [3.8, 4) is 0 Å². The van der Waals surface area contributed by atoms with Gasteiger partial charge in [0.2, 0.25) is 0 Å². The van der Waals surface area contributed by atoms with E-state index in [1.807, 2.05) is 13.8 Å². The zero-order chi connectivity index (χ0) is 14.4. The third kappa shape index (κ3) is 3.74. The van der Waals surface area contributed by atoms with Crippen molar-refractivity contribution < 1.29 is 13.5 Å². The van der Waals surface area contributed by atoms with E-state index in [1.165, 1.54) is 12.1 Å². The summed E-state index contributed by atoms with van der Waals surface area (Å²) in [7, 11) is 1.58. The van der Waals surface area contributed by atoms with Gasteiger partial charge in [-0.05, 0) is 31.5 Å². The monoisotopic (exact) mass is 271 g/mol. The average Bonchev–Trinajstić information content (AvgIpc) is 2.40. The van der Waals surface area contributed by atoms with Crippen LogP contribution in [-0.4, -0.2) is 19.8 Å². The van der Waals surface area contributed by atoms with Crippen molar-refractivity contribution in [1.82, 2.24) is 5.32 Å². The minimum atomic E-state index is -0.521. The number of methoxy groups -OCH3 is 1. The Kier molecular flexibility index (Phi) is 6.38. The molecule has 1 N–H and O–H groups in total. The molecule has 0 aliphatic rings. The molecule has 0 aliphatic heterocycles. The van der Waals surface area contributed by atoms with Crippen LogP contribution in [0.4, 0.5) is 8.78 Å². The molecular formula is C15H23F2NO. The Morgan fingerprint density at radius 2 is 1.95 bits per heavy atom. The van der Waals surface area contributed by atoms with Gasteiger partial charge >= 0.3 is 0 Å². The quantitative estimate of drug-likeness (QED) is 0.815. The summed E-state index contributed by atoms with van der Waals surface area (Å²) < 4.78 is 33.7. The summed E-state index contributed by atoms with van der Waals surface area (Å²) in [6.45, 7) is 6.21. The first-order chi connectivity index (χ1) is 9.06. The van der Waals surface area contributed by atoms with Gasteiger partial charge in [-0.2, -0.15) is 0 Å². The minimum absolute atomic E-state index is 0.0853. The summed E-state index contributed by atoms with van der Waals surface area (Å²) in [6.07, 6.45) is 1.41. The molecule has 0 bridgehead atoms. The molecule has 2 unspecified atom stereocenters. The molecule has 0 heterocycles. The van der Waals surface area contributed by atoms with Crippen molar-refractivity contribution in [2.24, 2.45) is 0 Å². The van der Waals surface area contributed by atoms with Crippen LogP contribution in [0.15, 0.2) is 12.1 Å². The van der Waals surface area contributed by atoms with Gasteiger partial charge in [0, 0.05) is 12.7 Å². The van der Waals surface area contributed by atoms with Gasteiger partial charge in [-0.15, -0.1) is 0 Å². The molecular weight excluding hydrogens is 248 g/mol. The zero-order valence-electron chi connectivity index (χ0n) is 12.1. The van der Waals surface area contributed by atoms with Gasteiger partial charge in [-0.25, -0.2) is 8.78 Å². The Balaban J connectivity index is 3.21. The normalized spacial score (nSPS) is 14.4. The molecule has 0 saturated heterocycles. The van der Waals surface area contributed by atoms with Gasteiger partial charge in [0.05, 0.1) is 12.1 Å². The van der Waals surface area contributed by atoms with E-state index >= 15 is 0 Å². The largest absolute Gasteiger partial charge is 0.379 e. The molecule has 2 atom stereocenters. The van der Waals surface area contributed by atoms with Gasteiger partial charge < -0.3 is 10.1 Å². The van der Waals surface area contributed by atoms with E-state index in [0.29, 0.717) is 12.1 Å². The molecule has 108 valence electrons. The average molecular weight is 271 g/mol. The van der Waals surface area contributed by atoms with E-state index in [9.17, 15) is 8.78 Å². The molecule has 1 aromatic rings. The van der Waals surface area contributed by atoms with Crippen LogP contribution in [0.2, 0.25) is 0 Å². The second kappa shape index (κ2) is 7.56. The number of rotatable bonds is 7. The number of hydrogen-bond acceptors (Lipinski definition) is 2. The van der Waals surface area contributed by atoms with Crippen LogP contribution in [0.3, 0.4) is 0 Å². The predicted octanol–water partition coefficient (Wildman–Crippen LogP) is 3.74. The lowest BCUT2D eigenvalue weighted by Gasteiger charge is -2.28. The highest BCUT2D eigenvalue weighted by molar-refractivity contribution is 5.30. The predicted molar refractivity (Wildman–Crippen MR) is 73.2 cm³/mol. The highest BCUT2D eigenvalue weighted by Crippen LogP contribution is 2.28. The van der Waals surface area contributed by atoms with Crippen molar-refractivity contribution in [3.05, 3.63) is 34.9 Å². The van der Waals surface area contributed by atoms with E-state index in [4.69, 9.17) is 4.74 Å². The van der Waals surface area contributed by atoms with E-state index in [-0.39, 0.29) is 11.7 Å². The maximum atomic E-state index is 14.2. The number of benzene rings is 1. The Morgan fingerprint density at radius 3 is 2.47 bits per heavy atom. The number of aryl methyl sites for hydroxylation is 1. The van der Waals surface area contributed by atoms with Crippen LogP contribution in [0, 0.1) is 18.6 Å². The number of ether oxygens (including phenoxy) is 1. The maximum absolute atomic E-state index is 14.2. The molecule has 0 aliphatic carbocycles. The van der Waals surface area contributed by atoms with E-state index in [2.05, 4.69) is 5.32 Å². The summed E-state index contributed by atoms with van der Waals surface area (Å²) in [4.78, 5) is 0. The Labute approximate surface area is 114 Å². The topological polar surface area (TPSA) is 21.3 Å². The molecule has 0 saturated carbocycles. The van der Waals surface area contributed by atoms with E-state index < -0.39 is 17.7 Å². The molecule has 0 fully saturated rings. The molecule has 2 nitrogen and oxygen atoms in total. The minimum Gasteiger partial charge on any atom is -0.379 e. The van der Waals surface area contributed by atoms with E-state index in [1.54, 1.807) is 14.0 Å². The van der Waals surface area contributed by atoms with Crippen LogP contribution < -0.4 is 5.32 Å². The molecule has 0 aromatic heterocycles. The second-order valence-corrected chi connectivity index (χ2v) is 4.69. The van der Waals surface area contributed by atoms with Crippen molar-refractivity contribution in [2.75, 3.05) is 13.7 Å². The van der Waals surface area contributed by atoms with Crippen molar-refractivity contribution >= 4 is 0 Å². The number of halogens is 2. The molecule has 0 amide bonds. The summed E-state index contributed by atoms with van der Waals surface area (Å²) >= 11 is 0. The maximum Gasteiger partial charge on any atom is 0.133 e. The Morgan fingerprint density at radius 1 is 1.26 bits per heavy atom. The fourth-order valence-corrected chi connectivity index (χ4v) is 2.31. The standard InChI is InChI=1S/C15H23F2NO/c1-5-7-12(19-4)15(18-6-2)13-11(16)9-8-10(3)14(13)17/h8-9,12,15,18H,5-7H2,1-4H3. The fraction of sp³-hybridized carbons (Fsp3) is 0.600. The molecule has 1 aromatic carbocycles. The van der Waals surface area contributed by atoms with Crippen LogP contribution in [0.25, 0.3) is 0 Å². The SMILES string of the molecule is CCCC(OC)C(NCC)c1c(F)ccc(C)c1F. The highest BCUT2D eigenvalue weighted by atomic mass is 19.1. The number of hydrogen-bond donors (Lipinski definition) is 1. The Hall–Kier alpha value is -1.00. The van der Waals surface area contributed by atoms with Gasteiger partial charge in [0.25, 0.3) is 0 Å².